The van der Waals surface area contributed by atoms with Crippen LogP contribution in [0.5, 0.6) is 0 Å². The Hall–Kier alpha value is -1.72. The Kier molecular flexibility index (Phi) is 4.58. The van der Waals surface area contributed by atoms with Crippen molar-refractivity contribution in [3.05, 3.63) is 35.9 Å². The highest BCUT2D eigenvalue weighted by molar-refractivity contribution is 6.00. The standard InChI is InChI=1S/C13H17NO4/c1-9(15)13(14,12(17)18-2)8-11(16)10-6-4-3-5-7-10/h3-7,9,15H,8,14H2,1-2H3. The van der Waals surface area contributed by atoms with Crippen LogP contribution >= 0.6 is 0 Å². The Morgan fingerprint density at radius 3 is 2.39 bits per heavy atom. The quantitative estimate of drug-likeness (QED) is 0.588. The number of ether oxygens (including phenoxy) is 1. The van der Waals surface area contributed by atoms with Gasteiger partial charge in [0, 0.05) is 12.0 Å². The summed E-state index contributed by atoms with van der Waals surface area (Å²) in [5.41, 5.74) is 4.51. The maximum Gasteiger partial charge on any atom is 0.329 e. The predicted octanol–water partition coefficient (Wildman–Crippen LogP) is 0.511. The number of carbonyl (C=O) groups is 2. The minimum Gasteiger partial charge on any atom is -0.468 e. The molecule has 0 heterocycles. The molecule has 1 aromatic rings. The number of hydrogen-bond acceptors (Lipinski definition) is 5. The lowest BCUT2D eigenvalue weighted by atomic mass is 9.87. The SMILES string of the molecule is COC(=O)C(N)(CC(=O)c1ccccc1)C(C)O. The number of aliphatic hydroxyl groups is 1. The van der Waals surface area contributed by atoms with E-state index >= 15 is 0 Å². The molecule has 0 bridgehead atoms. The summed E-state index contributed by atoms with van der Waals surface area (Å²) < 4.78 is 4.54. The Morgan fingerprint density at radius 1 is 1.39 bits per heavy atom. The second-order valence-electron chi connectivity index (χ2n) is 4.17. The third-order valence-electron chi connectivity index (χ3n) is 2.86. The summed E-state index contributed by atoms with van der Waals surface area (Å²) in [7, 11) is 1.17. The summed E-state index contributed by atoms with van der Waals surface area (Å²) >= 11 is 0. The van der Waals surface area contributed by atoms with Crippen LogP contribution in [0.25, 0.3) is 0 Å². The van der Waals surface area contributed by atoms with E-state index in [1.807, 2.05) is 0 Å². The summed E-state index contributed by atoms with van der Waals surface area (Å²) in [5, 5.41) is 9.59. The number of nitrogens with two attached hydrogens (primary N) is 1. The normalized spacial score (nSPS) is 15.6. The van der Waals surface area contributed by atoms with E-state index in [1.54, 1.807) is 30.3 Å². The molecule has 0 saturated heterocycles. The third-order valence-corrected chi connectivity index (χ3v) is 2.86. The number of aliphatic hydroxyl groups excluding tert-OH is 1. The van der Waals surface area contributed by atoms with Crippen LogP contribution < -0.4 is 5.73 Å². The highest BCUT2D eigenvalue weighted by Gasteiger charge is 2.42. The van der Waals surface area contributed by atoms with Crippen molar-refractivity contribution in [2.45, 2.75) is 25.0 Å². The van der Waals surface area contributed by atoms with Gasteiger partial charge in [0.15, 0.2) is 5.78 Å². The molecule has 5 heteroatoms. The van der Waals surface area contributed by atoms with Crippen LogP contribution in [0.1, 0.15) is 23.7 Å². The van der Waals surface area contributed by atoms with Crippen molar-refractivity contribution in [2.75, 3.05) is 7.11 Å². The van der Waals surface area contributed by atoms with Gasteiger partial charge in [-0.25, -0.2) is 4.79 Å². The van der Waals surface area contributed by atoms with Crippen molar-refractivity contribution in [3.8, 4) is 0 Å². The van der Waals surface area contributed by atoms with Gasteiger partial charge in [-0.3, -0.25) is 4.79 Å². The molecule has 0 radical (unpaired) electrons. The first kappa shape index (κ1) is 14.3. The van der Waals surface area contributed by atoms with Crippen LogP contribution in [0.3, 0.4) is 0 Å². The molecule has 0 aliphatic heterocycles. The van der Waals surface area contributed by atoms with Crippen molar-refractivity contribution >= 4 is 11.8 Å². The summed E-state index contributed by atoms with van der Waals surface area (Å²) in [6.45, 7) is 1.36. The molecule has 18 heavy (non-hydrogen) atoms. The highest BCUT2D eigenvalue weighted by atomic mass is 16.5. The van der Waals surface area contributed by atoms with E-state index in [9.17, 15) is 14.7 Å². The zero-order chi connectivity index (χ0) is 13.8. The molecule has 0 saturated carbocycles. The second kappa shape index (κ2) is 5.75. The molecule has 5 nitrogen and oxygen atoms in total. The first-order valence-electron chi connectivity index (χ1n) is 5.55. The predicted molar refractivity (Wildman–Crippen MR) is 66.0 cm³/mol. The van der Waals surface area contributed by atoms with Gasteiger partial charge in [-0.2, -0.15) is 0 Å². The van der Waals surface area contributed by atoms with Crippen molar-refractivity contribution < 1.29 is 19.4 Å². The Balaban J connectivity index is 2.92. The maximum absolute atomic E-state index is 12.0. The van der Waals surface area contributed by atoms with Crippen LogP contribution in [0.4, 0.5) is 0 Å². The zero-order valence-electron chi connectivity index (χ0n) is 10.4. The summed E-state index contributed by atoms with van der Waals surface area (Å²) in [6.07, 6.45) is -1.49. The molecular weight excluding hydrogens is 234 g/mol. The molecule has 0 aliphatic rings. The molecule has 1 aromatic carbocycles. The largest absolute Gasteiger partial charge is 0.468 e. The van der Waals surface area contributed by atoms with E-state index < -0.39 is 17.6 Å². The molecule has 2 atom stereocenters. The zero-order valence-corrected chi connectivity index (χ0v) is 10.4. The number of rotatable bonds is 5. The maximum atomic E-state index is 12.0. The minimum atomic E-state index is -1.72. The van der Waals surface area contributed by atoms with Gasteiger partial charge in [0.1, 0.15) is 5.54 Å². The van der Waals surface area contributed by atoms with E-state index in [0.717, 1.165) is 0 Å². The lowest BCUT2D eigenvalue weighted by Gasteiger charge is -2.28. The van der Waals surface area contributed by atoms with Crippen LogP contribution in [0.15, 0.2) is 30.3 Å². The van der Waals surface area contributed by atoms with E-state index in [1.165, 1.54) is 14.0 Å². The van der Waals surface area contributed by atoms with Crippen molar-refractivity contribution in [3.63, 3.8) is 0 Å². The average Bonchev–Trinajstić information content (AvgIpc) is 2.38. The van der Waals surface area contributed by atoms with E-state index in [2.05, 4.69) is 4.74 Å². The van der Waals surface area contributed by atoms with E-state index in [0.29, 0.717) is 5.56 Å². The Morgan fingerprint density at radius 2 is 1.94 bits per heavy atom. The number of carbonyl (C=O) groups excluding carboxylic acids is 2. The van der Waals surface area contributed by atoms with E-state index in [-0.39, 0.29) is 12.2 Å². The van der Waals surface area contributed by atoms with Crippen LogP contribution in [-0.2, 0) is 9.53 Å². The third kappa shape index (κ3) is 2.94. The molecule has 3 N–H and O–H groups in total. The van der Waals surface area contributed by atoms with Crippen molar-refractivity contribution in [1.29, 1.82) is 0 Å². The van der Waals surface area contributed by atoms with Gasteiger partial charge in [0.25, 0.3) is 0 Å². The van der Waals surface area contributed by atoms with Crippen molar-refractivity contribution in [1.82, 2.24) is 0 Å². The van der Waals surface area contributed by atoms with Gasteiger partial charge in [-0.15, -0.1) is 0 Å². The second-order valence-corrected chi connectivity index (χ2v) is 4.17. The van der Waals surface area contributed by atoms with Gasteiger partial charge >= 0.3 is 5.97 Å². The average molecular weight is 251 g/mol. The number of benzene rings is 1. The van der Waals surface area contributed by atoms with Crippen molar-refractivity contribution in [2.24, 2.45) is 5.73 Å². The number of methoxy groups -OCH3 is 1. The molecule has 2 unspecified atom stereocenters. The van der Waals surface area contributed by atoms with Crippen LogP contribution in [0, 0.1) is 0 Å². The topological polar surface area (TPSA) is 89.6 Å². The molecule has 0 aliphatic carbocycles. The summed E-state index contributed by atoms with van der Waals surface area (Å²) in [4.78, 5) is 23.6. The molecular formula is C13H17NO4. The number of Topliss-reactive ketones (excluding diaryl/α,β-unsaturated/α-hetero) is 1. The number of hydrogen-bond donors (Lipinski definition) is 2. The lowest BCUT2D eigenvalue weighted by molar-refractivity contribution is -0.151. The monoisotopic (exact) mass is 251 g/mol. The van der Waals surface area contributed by atoms with Gasteiger partial charge in [-0.1, -0.05) is 30.3 Å². The molecule has 98 valence electrons. The molecule has 0 aromatic heterocycles. The first-order chi connectivity index (χ1) is 8.41. The smallest absolute Gasteiger partial charge is 0.329 e. The molecule has 0 spiro atoms. The van der Waals surface area contributed by atoms with Crippen LogP contribution in [-0.4, -0.2) is 35.6 Å². The van der Waals surface area contributed by atoms with Gasteiger partial charge in [0.2, 0.25) is 0 Å². The highest BCUT2D eigenvalue weighted by Crippen LogP contribution is 2.18. The van der Waals surface area contributed by atoms with Gasteiger partial charge in [-0.05, 0) is 6.92 Å². The van der Waals surface area contributed by atoms with Crippen LogP contribution in [0.2, 0.25) is 0 Å². The van der Waals surface area contributed by atoms with E-state index in [4.69, 9.17) is 5.73 Å². The molecule has 1 rings (SSSR count). The summed E-state index contributed by atoms with van der Waals surface area (Å²) in [5.74, 6) is -1.12. The number of ketones is 1. The Bertz CT molecular complexity index is 430. The fourth-order valence-electron chi connectivity index (χ4n) is 1.57. The summed E-state index contributed by atoms with van der Waals surface area (Å²) in [6, 6.07) is 8.46. The first-order valence-corrected chi connectivity index (χ1v) is 5.55. The minimum absolute atomic E-state index is 0.304. The van der Waals surface area contributed by atoms with Gasteiger partial charge < -0.3 is 15.6 Å². The fourth-order valence-corrected chi connectivity index (χ4v) is 1.57. The fraction of sp³-hybridized carbons (Fsp3) is 0.385. The molecule has 0 fully saturated rings. The molecule has 0 amide bonds. The van der Waals surface area contributed by atoms with Gasteiger partial charge in [0.05, 0.1) is 13.2 Å². The number of esters is 1. The Labute approximate surface area is 106 Å². The lowest BCUT2D eigenvalue weighted by Crippen LogP contribution is -2.58.